The number of anilines is 1. The number of sulfonamides is 1. The third kappa shape index (κ3) is 3.55. The zero-order valence-electron chi connectivity index (χ0n) is 15.8. The molecule has 2 heterocycles. The number of nitro benzene ring substituents is 1. The molecule has 0 radical (unpaired) electrons. The minimum Gasteiger partial charge on any atom is -0.379 e. The summed E-state index contributed by atoms with van der Waals surface area (Å²) in [5.41, 5.74) is 1.01. The van der Waals surface area contributed by atoms with E-state index in [4.69, 9.17) is 4.74 Å². The van der Waals surface area contributed by atoms with Crippen molar-refractivity contribution in [3.63, 3.8) is 0 Å². The van der Waals surface area contributed by atoms with Gasteiger partial charge in [-0.3, -0.25) is 14.9 Å². The van der Waals surface area contributed by atoms with Gasteiger partial charge in [-0.1, -0.05) is 6.07 Å². The molecule has 0 bridgehead atoms. The first kappa shape index (κ1) is 20.4. The fourth-order valence-corrected chi connectivity index (χ4v) is 5.11. The van der Waals surface area contributed by atoms with E-state index in [0.29, 0.717) is 12.1 Å². The Labute approximate surface area is 171 Å². The predicted molar refractivity (Wildman–Crippen MR) is 104 cm³/mol. The first-order valence-electron chi connectivity index (χ1n) is 9.25. The number of fused-ring (bicyclic) bond motifs is 1. The molecule has 30 heavy (non-hydrogen) atoms. The van der Waals surface area contributed by atoms with E-state index in [1.807, 2.05) is 0 Å². The van der Waals surface area contributed by atoms with Crippen LogP contribution in [0.15, 0.2) is 41.3 Å². The summed E-state index contributed by atoms with van der Waals surface area (Å²) in [5.74, 6) is -1.50. The molecule has 0 N–H and O–H groups in total. The molecule has 1 saturated heterocycles. The molecule has 2 aromatic carbocycles. The van der Waals surface area contributed by atoms with Crippen molar-refractivity contribution in [1.82, 2.24) is 4.31 Å². The second kappa shape index (κ2) is 7.74. The van der Waals surface area contributed by atoms with Crippen LogP contribution in [0.3, 0.4) is 0 Å². The fraction of sp³-hybridized carbons (Fsp3) is 0.316. The average Bonchev–Trinajstić information content (AvgIpc) is 3.17. The standard InChI is InChI=1S/C19H18FN3O6S/c20-16-4-2-14(11-18(16)30(27,28)21-7-9-29-10-8-21)19(24)22-6-5-13-1-3-15(23(25)26)12-17(13)22/h1-4,11-12H,5-10H2. The van der Waals surface area contributed by atoms with Gasteiger partial charge in [0.25, 0.3) is 11.6 Å². The van der Waals surface area contributed by atoms with Gasteiger partial charge in [-0.05, 0) is 30.2 Å². The number of carbonyl (C=O) groups excluding carboxylic acids is 1. The van der Waals surface area contributed by atoms with Gasteiger partial charge < -0.3 is 9.64 Å². The number of nitrogens with zero attached hydrogens (tertiary/aromatic N) is 3. The minimum absolute atomic E-state index is 0.0115. The quantitative estimate of drug-likeness (QED) is 0.536. The Bertz CT molecular complexity index is 1130. The first-order chi connectivity index (χ1) is 14.3. The normalized spacial score (nSPS) is 17.0. The van der Waals surface area contributed by atoms with Crippen LogP contribution in [0.25, 0.3) is 0 Å². The van der Waals surface area contributed by atoms with Crippen molar-refractivity contribution in [2.24, 2.45) is 0 Å². The summed E-state index contributed by atoms with van der Waals surface area (Å²) in [6.45, 7) is 0.913. The Morgan fingerprint density at radius 3 is 2.53 bits per heavy atom. The summed E-state index contributed by atoms with van der Waals surface area (Å²) in [5, 5.41) is 11.1. The lowest BCUT2D eigenvalue weighted by molar-refractivity contribution is -0.384. The molecule has 9 nitrogen and oxygen atoms in total. The molecule has 1 amide bonds. The van der Waals surface area contributed by atoms with Gasteiger partial charge in [0.2, 0.25) is 10.0 Å². The van der Waals surface area contributed by atoms with Crippen LogP contribution in [0.5, 0.6) is 0 Å². The van der Waals surface area contributed by atoms with Crippen LogP contribution < -0.4 is 4.90 Å². The van der Waals surface area contributed by atoms with E-state index in [1.54, 1.807) is 6.07 Å². The van der Waals surface area contributed by atoms with Crippen LogP contribution in [-0.2, 0) is 21.2 Å². The number of hydrogen-bond donors (Lipinski definition) is 0. The van der Waals surface area contributed by atoms with Crippen molar-refractivity contribution >= 4 is 27.3 Å². The maximum atomic E-state index is 14.4. The van der Waals surface area contributed by atoms with Gasteiger partial charge in [-0.2, -0.15) is 4.31 Å². The number of non-ortho nitro benzene ring substituents is 1. The fourth-order valence-electron chi connectivity index (χ4n) is 3.61. The van der Waals surface area contributed by atoms with Gasteiger partial charge in [-0.15, -0.1) is 0 Å². The van der Waals surface area contributed by atoms with Crippen molar-refractivity contribution in [2.75, 3.05) is 37.7 Å². The summed E-state index contributed by atoms with van der Waals surface area (Å²) in [6, 6.07) is 7.47. The highest BCUT2D eigenvalue weighted by Gasteiger charge is 2.32. The Morgan fingerprint density at radius 2 is 1.83 bits per heavy atom. The summed E-state index contributed by atoms with van der Waals surface area (Å²) < 4.78 is 46.4. The third-order valence-corrected chi connectivity index (χ3v) is 7.10. The number of nitro groups is 1. The Balaban J connectivity index is 1.68. The highest BCUT2D eigenvalue weighted by Crippen LogP contribution is 2.33. The lowest BCUT2D eigenvalue weighted by Gasteiger charge is -2.26. The average molecular weight is 435 g/mol. The summed E-state index contributed by atoms with van der Waals surface area (Å²) >= 11 is 0. The molecule has 0 spiro atoms. The Morgan fingerprint density at radius 1 is 1.10 bits per heavy atom. The van der Waals surface area contributed by atoms with E-state index in [2.05, 4.69) is 0 Å². The van der Waals surface area contributed by atoms with Crippen molar-refractivity contribution in [3.05, 3.63) is 63.5 Å². The van der Waals surface area contributed by atoms with Crippen molar-refractivity contribution in [3.8, 4) is 0 Å². The molecule has 0 aromatic heterocycles. The van der Waals surface area contributed by atoms with Gasteiger partial charge in [0.05, 0.1) is 23.8 Å². The molecule has 1 fully saturated rings. The van der Waals surface area contributed by atoms with E-state index in [-0.39, 0.29) is 44.1 Å². The third-order valence-electron chi connectivity index (χ3n) is 5.19. The monoisotopic (exact) mass is 435 g/mol. The lowest BCUT2D eigenvalue weighted by Crippen LogP contribution is -2.41. The second-order valence-electron chi connectivity index (χ2n) is 6.94. The number of ether oxygens (including phenoxy) is 1. The largest absolute Gasteiger partial charge is 0.379 e. The number of benzene rings is 2. The van der Waals surface area contributed by atoms with Crippen LogP contribution in [0.4, 0.5) is 15.8 Å². The number of morpholine rings is 1. The summed E-state index contributed by atoms with van der Waals surface area (Å²) in [6.07, 6.45) is 0.513. The highest BCUT2D eigenvalue weighted by molar-refractivity contribution is 7.89. The molecule has 11 heteroatoms. The number of rotatable bonds is 4. The van der Waals surface area contributed by atoms with Crippen LogP contribution in [0.1, 0.15) is 15.9 Å². The second-order valence-corrected chi connectivity index (χ2v) is 8.84. The molecule has 2 aromatic rings. The molecule has 2 aliphatic rings. The van der Waals surface area contributed by atoms with Crippen LogP contribution in [0, 0.1) is 15.9 Å². The number of carbonyl (C=O) groups is 1. The zero-order valence-corrected chi connectivity index (χ0v) is 16.6. The van der Waals surface area contributed by atoms with Gasteiger partial charge in [0, 0.05) is 37.3 Å². The molecular weight excluding hydrogens is 417 g/mol. The maximum Gasteiger partial charge on any atom is 0.271 e. The van der Waals surface area contributed by atoms with Gasteiger partial charge in [0.1, 0.15) is 10.7 Å². The highest BCUT2D eigenvalue weighted by atomic mass is 32.2. The lowest BCUT2D eigenvalue weighted by atomic mass is 10.1. The van der Waals surface area contributed by atoms with Crippen molar-refractivity contribution in [2.45, 2.75) is 11.3 Å². The topological polar surface area (TPSA) is 110 Å². The van der Waals surface area contributed by atoms with Crippen LogP contribution >= 0.6 is 0 Å². The number of halogens is 1. The predicted octanol–water partition coefficient (Wildman–Crippen LogP) is 1.96. The molecule has 0 unspecified atom stereocenters. The molecule has 0 atom stereocenters. The van der Waals surface area contributed by atoms with E-state index in [1.165, 1.54) is 23.1 Å². The van der Waals surface area contributed by atoms with E-state index in [0.717, 1.165) is 22.0 Å². The maximum absolute atomic E-state index is 14.4. The first-order valence-corrected chi connectivity index (χ1v) is 10.7. The molecule has 4 rings (SSSR count). The Kier molecular flexibility index (Phi) is 5.26. The van der Waals surface area contributed by atoms with Crippen molar-refractivity contribution in [1.29, 1.82) is 0 Å². The van der Waals surface area contributed by atoms with Crippen LogP contribution in [-0.4, -0.2) is 56.4 Å². The zero-order chi connectivity index (χ0) is 21.5. The smallest absolute Gasteiger partial charge is 0.271 e. The molecule has 0 saturated carbocycles. The molecular formula is C19H18FN3O6S. The number of hydrogen-bond acceptors (Lipinski definition) is 6. The van der Waals surface area contributed by atoms with Gasteiger partial charge >= 0.3 is 0 Å². The SMILES string of the molecule is O=C(c1ccc(F)c(S(=O)(=O)N2CCOCC2)c1)N1CCc2ccc([N+](=O)[O-])cc21. The van der Waals surface area contributed by atoms with Gasteiger partial charge in [-0.25, -0.2) is 12.8 Å². The molecule has 0 aliphatic carbocycles. The minimum atomic E-state index is -4.13. The van der Waals surface area contributed by atoms with E-state index >= 15 is 0 Å². The number of amides is 1. The van der Waals surface area contributed by atoms with Crippen LogP contribution in [0.2, 0.25) is 0 Å². The summed E-state index contributed by atoms with van der Waals surface area (Å²) in [4.78, 5) is 24.4. The van der Waals surface area contributed by atoms with Gasteiger partial charge in [0.15, 0.2) is 0 Å². The van der Waals surface area contributed by atoms with E-state index < -0.39 is 31.6 Å². The van der Waals surface area contributed by atoms with E-state index in [9.17, 15) is 27.7 Å². The Hall–Kier alpha value is -2.89. The summed E-state index contributed by atoms with van der Waals surface area (Å²) in [7, 11) is -4.13. The molecule has 158 valence electrons. The molecule has 2 aliphatic heterocycles. The van der Waals surface area contributed by atoms with Crippen molar-refractivity contribution < 1.29 is 27.3 Å².